The quantitative estimate of drug-likeness (QED) is 0.626. The van der Waals surface area contributed by atoms with E-state index >= 15 is 0 Å². The van der Waals surface area contributed by atoms with Gasteiger partial charge in [0.2, 0.25) is 17.7 Å². The van der Waals surface area contributed by atoms with E-state index in [1.54, 1.807) is 31.3 Å². The van der Waals surface area contributed by atoms with Crippen LogP contribution in [0, 0.1) is 5.92 Å². The maximum Gasteiger partial charge on any atom is 0.248 e. The van der Waals surface area contributed by atoms with E-state index in [4.69, 9.17) is 4.74 Å². The zero-order valence-corrected chi connectivity index (χ0v) is 18.2. The Kier molecular flexibility index (Phi) is 5.46. The molecule has 0 spiro atoms. The number of fused-ring (bicyclic) bond motifs is 1. The van der Waals surface area contributed by atoms with Crippen molar-refractivity contribution in [1.82, 2.24) is 25.2 Å². The van der Waals surface area contributed by atoms with Crippen LogP contribution in [-0.4, -0.2) is 43.6 Å². The number of carbonyl (C=O) groups is 1. The molecule has 5 rings (SSSR count). The van der Waals surface area contributed by atoms with Crippen LogP contribution in [0.15, 0.2) is 24.3 Å². The summed E-state index contributed by atoms with van der Waals surface area (Å²) >= 11 is 1.38. The van der Waals surface area contributed by atoms with Crippen LogP contribution >= 0.6 is 11.3 Å². The van der Waals surface area contributed by atoms with E-state index in [0.29, 0.717) is 42.6 Å². The number of amides is 1. The second kappa shape index (κ2) is 8.28. The van der Waals surface area contributed by atoms with Crippen LogP contribution in [0.4, 0.5) is 13.9 Å². The molecule has 11 heteroatoms. The largest absolute Gasteiger partial charge is 0.375 e. The molecular weight excluding hydrogens is 438 g/mol. The van der Waals surface area contributed by atoms with Crippen LogP contribution in [0.2, 0.25) is 0 Å². The van der Waals surface area contributed by atoms with E-state index in [1.807, 2.05) is 0 Å². The minimum Gasteiger partial charge on any atom is -0.375 e. The Labute approximate surface area is 187 Å². The summed E-state index contributed by atoms with van der Waals surface area (Å²) in [5.74, 6) is -3.76. The third-order valence-corrected chi connectivity index (χ3v) is 6.94. The lowest BCUT2D eigenvalue weighted by molar-refractivity contribution is -0.118. The van der Waals surface area contributed by atoms with Gasteiger partial charge in [-0.2, -0.15) is 4.80 Å². The molecule has 1 amide bonds. The third kappa shape index (κ3) is 4.26. The molecule has 2 aliphatic rings. The average Bonchev–Trinajstić information content (AvgIpc) is 3.46. The summed E-state index contributed by atoms with van der Waals surface area (Å²) < 4.78 is 33.5. The molecule has 168 valence electrons. The molecule has 1 aliphatic carbocycles. The zero-order valence-electron chi connectivity index (χ0n) is 17.4. The minimum absolute atomic E-state index is 0.202. The third-order valence-electron chi connectivity index (χ3n) is 5.96. The predicted octanol–water partition coefficient (Wildman–Crippen LogP) is 3.56. The molecule has 3 aromatic rings. The smallest absolute Gasteiger partial charge is 0.248 e. The van der Waals surface area contributed by atoms with Gasteiger partial charge in [-0.05, 0) is 23.1 Å². The number of alkyl halides is 2. The topological polar surface area (TPSA) is 94.8 Å². The van der Waals surface area contributed by atoms with Crippen LogP contribution in [0.3, 0.4) is 0 Å². The first-order valence-corrected chi connectivity index (χ1v) is 11.3. The van der Waals surface area contributed by atoms with Gasteiger partial charge in [-0.3, -0.25) is 4.79 Å². The van der Waals surface area contributed by atoms with E-state index < -0.39 is 17.8 Å². The molecule has 8 nitrogen and oxygen atoms in total. The molecule has 32 heavy (non-hydrogen) atoms. The highest BCUT2D eigenvalue weighted by atomic mass is 32.1. The maximum atomic E-state index is 14.0. The molecule has 0 unspecified atom stereocenters. The highest BCUT2D eigenvalue weighted by molar-refractivity contribution is 7.15. The fourth-order valence-electron chi connectivity index (χ4n) is 4.41. The van der Waals surface area contributed by atoms with Crippen molar-refractivity contribution in [1.29, 1.82) is 0 Å². The Morgan fingerprint density at radius 1 is 1.34 bits per heavy atom. The van der Waals surface area contributed by atoms with Gasteiger partial charge in [0.1, 0.15) is 0 Å². The van der Waals surface area contributed by atoms with Crippen LogP contribution in [-0.2, 0) is 29.6 Å². The van der Waals surface area contributed by atoms with Crippen molar-refractivity contribution >= 4 is 22.4 Å². The number of aromatic nitrogens is 5. The lowest BCUT2D eigenvalue weighted by Crippen LogP contribution is -2.27. The number of tetrazole rings is 1. The van der Waals surface area contributed by atoms with Gasteiger partial charge in [-0.15, -0.1) is 10.2 Å². The monoisotopic (exact) mass is 460 g/mol. The van der Waals surface area contributed by atoms with Crippen LogP contribution < -0.4 is 5.32 Å². The van der Waals surface area contributed by atoms with Crippen molar-refractivity contribution in [3.05, 3.63) is 40.4 Å². The minimum atomic E-state index is -2.75. The first-order valence-electron chi connectivity index (χ1n) is 10.5. The molecule has 1 fully saturated rings. The van der Waals surface area contributed by atoms with Gasteiger partial charge < -0.3 is 10.1 Å². The number of nitrogens with one attached hydrogen (secondary N) is 1. The summed E-state index contributed by atoms with van der Waals surface area (Å²) in [6.07, 6.45) is 0.491. The first-order chi connectivity index (χ1) is 15.4. The van der Waals surface area contributed by atoms with E-state index in [0.717, 1.165) is 16.1 Å². The van der Waals surface area contributed by atoms with Crippen LogP contribution in [0.5, 0.6) is 0 Å². The van der Waals surface area contributed by atoms with Crippen molar-refractivity contribution < 1.29 is 18.3 Å². The summed E-state index contributed by atoms with van der Waals surface area (Å²) in [7, 11) is 1.67. The van der Waals surface area contributed by atoms with Crippen molar-refractivity contribution in [2.45, 2.75) is 44.1 Å². The molecule has 2 aromatic heterocycles. The van der Waals surface area contributed by atoms with Crippen molar-refractivity contribution in [2.75, 3.05) is 11.9 Å². The van der Waals surface area contributed by atoms with Crippen molar-refractivity contribution in [3.8, 4) is 11.4 Å². The van der Waals surface area contributed by atoms with Crippen molar-refractivity contribution in [3.63, 3.8) is 0 Å². The number of anilines is 1. The number of hydrogen-bond acceptors (Lipinski definition) is 7. The standard InChI is InChI=1S/C21H22F2N6O2S/c1-29-27-18(26-28-29)13-4-2-12(3-5-13)17(14-6-8-21(22,23)10-14)19(30)25-20-24-15-7-9-31-11-16(15)32-20/h2-5,14,17H,6-11H2,1H3,(H,24,25,30)/t14-,17-/m1/s1. The van der Waals surface area contributed by atoms with Crippen molar-refractivity contribution in [2.24, 2.45) is 13.0 Å². The molecule has 1 aliphatic heterocycles. The normalized spacial score (nSPS) is 20.7. The number of rotatable bonds is 5. The van der Waals surface area contributed by atoms with Gasteiger partial charge >= 0.3 is 0 Å². The van der Waals surface area contributed by atoms with E-state index in [1.165, 1.54) is 16.1 Å². The highest BCUT2D eigenvalue weighted by Gasteiger charge is 2.45. The predicted molar refractivity (Wildman–Crippen MR) is 113 cm³/mol. The highest BCUT2D eigenvalue weighted by Crippen LogP contribution is 2.46. The Bertz CT molecular complexity index is 1110. The summed E-state index contributed by atoms with van der Waals surface area (Å²) in [6.45, 7) is 1.09. The van der Waals surface area contributed by atoms with Crippen LogP contribution in [0.25, 0.3) is 11.4 Å². The molecule has 0 saturated heterocycles. The maximum absolute atomic E-state index is 14.0. The van der Waals surface area contributed by atoms with E-state index in [2.05, 4.69) is 25.7 Å². The number of thiazole rings is 1. The summed E-state index contributed by atoms with van der Waals surface area (Å²) in [5, 5.41) is 15.4. The first kappa shape index (κ1) is 21.1. The van der Waals surface area contributed by atoms with Gasteiger partial charge in [0.25, 0.3) is 0 Å². The number of carbonyl (C=O) groups excluding carboxylic acids is 1. The molecule has 2 atom stereocenters. The van der Waals surface area contributed by atoms with E-state index in [9.17, 15) is 13.6 Å². The molecule has 1 saturated carbocycles. The summed E-state index contributed by atoms with van der Waals surface area (Å²) in [4.78, 5) is 20.2. The molecular formula is C21H22F2N6O2S. The van der Waals surface area contributed by atoms with Gasteiger partial charge in [0.15, 0.2) is 5.13 Å². The van der Waals surface area contributed by atoms with Gasteiger partial charge in [-0.1, -0.05) is 35.6 Å². The second-order valence-electron chi connectivity index (χ2n) is 8.24. The Morgan fingerprint density at radius 2 is 2.16 bits per heavy atom. The molecule has 1 N–H and O–H groups in total. The second-order valence-corrected chi connectivity index (χ2v) is 9.33. The fourth-order valence-corrected chi connectivity index (χ4v) is 5.36. The number of ether oxygens (including phenoxy) is 1. The Balaban J connectivity index is 1.41. The van der Waals surface area contributed by atoms with Gasteiger partial charge in [0.05, 0.1) is 36.8 Å². The molecule has 0 bridgehead atoms. The number of halogens is 2. The molecule has 3 heterocycles. The lowest BCUT2D eigenvalue weighted by Gasteiger charge is -2.23. The summed E-state index contributed by atoms with van der Waals surface area (Å²) in [6, 6.07) is 7.15. The Hall–Kier alpha value is -2.79. The lowest BCUT2D eigenvalue weighted by atomic mass is 9.83. The van der Waals surface area contributed by atoms with Crippen LogP contribution in [0.1, 0.15) is 41.3 Å². The Morgan fingerprint density at radius 3 is 2.81 bits per heavy atom. The zero-order chi connectivity index (χ0) is 22.3. The molecule has 1 aromatic carbocycles. The average molecular weight is 461 g/mol. The van der Waals surface area contributed by atoms with Gasteiger partial charge in [-0.25, -0.2) is 13.8 Å². The number of aryl methyl sites for hydroxylation is 1. The summed E-state index contributed by atoms with van der Waals surface area (Å²) in [5.41, 5.74) is 2.36. The molecule has 0 radical (unpaired) electrons. The number of hydrogen-bond donors (Lipinski definition) is 1. The van der Waals surface area contributed by atoms with Gasteiger partial charge in [0, 0.05) is 24.8 Å². The van der Waals surface area contributed by atoms with E-state index in [-0.39, 0.29) is 18.7 Å². The number of nitrogens with zero attached hydrogens (tertiary/aromatic N) is 5. The number of benzene rings is 1. The fraction of sp³-hybridized carbons (Fsp3) is 0.476. The SMILES string of the molecule is Cn1nnc(-c2ccc([C@@H](C(=O)Nc3nc4c(s3)COCC4)[C@@H]3CCC(F)(F)C3)cc2)n1.